The summed E-state index contributed by atoms with van der Waals surface area (Å²) in [4.78, 5) is 19.6. The third-order valence-corrected chi connectivity index (χ3v) is 8.35. The van der Waals surface area contributed by atoms with Gasteiger partial charge in [-0.05, 0) is 73.0 Å². The predicted octanol–water partition coefficient (Wildman–Crippen LogP) is 5.76. The van der Waals surface area contributed by atoms with Gasteiger partial charge in [-0.3, -0.25) is 9.52 Å². The first kappa shape index (κ1) is 29.2. The quantitative estimate of drug-likeness (QED) is 0.326. The summed E-state index contributed by atoms with van der Waals surface area (Å²) in [6, 6.07) is 20.7. The Balaban J connectivity index is 1.53. The van der Waals surface area contributed by atoms with Crippen LogP contribution in [-0.2, 0) is 14.8 Å². The number of rotatable bonds is 10. The predicted molar refractivity (Wildman–Crippen MR) is 161 cm³/mol. The molecule has 4 rings (SSSR count). The molecule has 1 atom stereocenters. The molecule has 0 aromatic heterocycles. The van der Waals surface area contributed by atoms with Gasteiger partial charge in [0.1, 0.15) is 0 Å². The fourth-order valence-corrected chi connectivity index (χ4v) is 5.68. The second-order valence-electron chi connectivity index (χ2n) is 10.1. The molecule has 0 saturated carbocycles. The van der Waals surface area contributed by atoms with E-state index < -0.39 is 10.0 Å². The molecule has 3 aromatic carbocycles. The van der Waals surface area contributed by atoms with E-state index >= 15 is 0 Å². The number of hydrogen-bond acceptors (Lipinski definition) is 5. The van der Waals surface area contributed by atoms with E-state index in [4.69, 9.17) is 23.2 Å². The van der Waals surface area contributed by atoms with Crippen molar-refractivity contribution in [3.63, 3.8) is 0 Å². The van der Waals surface area contributed by atoms with Crippen LogP contribution in [0.3, 0.4) is 0 Å². The van der Waals surface area contributed by atoms with E-state index in [1.54, 1.807) is 18.2 Å². The highest BCUT2D eigenvalue weighted by molar-refractivity contribution is 7.92. The Morgan fingerprint density at radius 2 is 1.64 bits per heavy atom. The summed E-state index contributed by atoms with van der Waals surface area (Å²) in [6.07, 6.45) is 3.47. The van der Waals surface area contributed by atoms with Crippen LogP contribution in [0.5, 0.6) is 0 Å². The van der Waals surface area contributed by atoms with Crippen LogP contribution in [0.25, 0.3) is 11.1 Å². The zero-order valence-corrected chi connectivity index (χ0v) is 24.7. The van der Waals surface area contributed by atoms with Crippen molar-refractivity contribution in [1.82, 2.24) is 9.80 Å². The van der Waals surface area contributed by atoms with E-state index in [1.165, 1.54) is 12.8 Å². The molecule has 3 aromatic rings. The standard InChI is InChI=1S/C29H34Cl2N4O3S/c1-33(25-13-14-26(30)27(31)18-25)20-29(36)34(2)28(19-35-15-4-5-16-35)22-11-9-21(10-12-22)23-7-6-8-24(17-23)32-39(3,37)38/h6-14,17-18,28,32H,4-5,15-16,19-20H2,1-3H3. The average molecular weight is 590 g/mol. The number of benzene rings is 3. The maximum Gasteiger partial charge on any atom is 0.242 e. The summed E-state index contributed by atoms with van der Waals surface area (Å²) < 4.78 is 25.8. The van der Waals surface area contributed by atoms with Gasteiger partial charge >= 0.3 is 0 Å². The lowest BCUT2D eigenvalue weighted by atomic mass is 9.99. The molecule has 1 aliphatic rings. The van der Waals surface area contributed by atoms with Crippen molar-refractivity contribution in [2.45, 2.75) is 18.9 Å². The first-order chi connectivity index (χ1) is 18.5. The minimum absolute atomic E-state index is 0.00334. The number of anilines is 2. The summed E-state index contributed by atoms with van der Waals surface area (Å²) in [5.41, 5.74) is 4.24. The fraction of sp³-hybridized carbons (Fsp3) is 0.345. The van der Waals surface area contributed by atoms with Crippen LogP contribution < -0.4 is 9.62 Å². The van der Waals surface area contributed by atoms with E-state index in [0.29, 0.717) is 15.7 Å². The molecule has 7 nitrogen and oxygen atoms in total. The van der Waals surface area contributed by atoms with E-state index in [0.717, 1.165) is 48.3 Å². The van der Waals surface area contributed by atoms with Crippen molar-refractivity contribution in [1.29, 1.82) is 0 Å². The lowest BCUT2D eigenvalue weighted by Gasteiger charge is -2.33. The number of likely N-dealkylation sites (N-methyl/N-ethyl adjacent to an activating group) is 2. The number of carbonyl (C=O) groups excluding carboxylic acids is 1. The van der Waals surface area contributed by atoms with Crippen molar-refractivity contribution >= 4 is 50.5 Å². The van der Waals surface area contributed by atoms with Gasteiger partial charge in [0.2, 0.25) is 15.9 Å². The molecule has 0 aliphatic carbocycles. The molecular formula is C29H34Cl2N4O3S. The van der Waals surface area contributed by atoms with Crippen LogP contribution >= 0.6 is 23.2 Å². The van der Waals surface area contributed by atoms with Gasteiger partial charge in [0.05, 0.1) is 28.9 Å². The number of carbonyl (C=O) groups is 1. The van der Waals surface area contributed by atoms with Crippen LogP contribution in [0, 0.1) is 0 Å². The lowest BCUT2D eigenvalue weighted by molar-refractivity contribution is -0.131. The first-order valence-electron chi connectivity index (χ1n) is 12.8. The molecule has 10 heteroatoms. The third kappa shape index (κ3) is 7.88. The molecule has 1 heterocycles. The summed E-state index contributed by atoms with van der Waals surface area (Å²) in [7, 11) is 0.363. The van der Waals surface area contributed by atoms with Crippen LogP contribution in [0.1, 0.15) is 24.4 Å². The molecule has 0 bridgehead atoms. The molecule has 0 spiro atoms. The van der Waals surface area contributed by atoms with Crippen molar-refractivity contribution in [3.8, 4) is 11.1 Å². The Kier molecular flexibility index (Phi) is 9.43. The third-order valence-electron chi connectivity index (χ3n) is 7.00. The highest BCUT2D eigenvalue weighted by Crippen LogP contribution is 2.29. The topological polar surface area (TPSA) is 73.0 Å². The second-order valence-corrected chi connectivity index (χ2v) is 12.6. The van der Waals surface area contributed by atoms with Crippen molar-refractivity contribution in [2.24, 2.45) is 0 Å². The smallest absolute Gasteiger partial charge is 0.242 e. The van der Waals surface area contributed by atoms with Crippen molar-refractivity contribution in [2.75, 3.05) is 56.2 Å². The van der Waals surface area contributed by atoms with Gasteiger partial charge in [0.15, 0.2) is 0 Å². The van der Waals surface area contributed by atoms with Crippen LogP contribution in [0.2, 0.25) is 10.0 Å². The fourth-order valence-electron chi connectivity index (χ4n) is 4.84. The SMILES string of the molecule is CN(CC(=O)N(C)C(CN1CCCC1)c1ccc(-c2cccc(NS(C)(=O)=O)c2)cc1)c1ccc(Cl)c(Cl)c1. The Labute approximate surface area is 241 Å². The van der Waals surface area contributed by atoms with Gasteiger partial charge in [0, 0.05) is 32.0 Å². The highest BCUT2D eigenvalue weighted by Gasteiger charge is 2.26. The second kappa shape index (κ2) is 12.6. The van der Waals surface area contributed by atoms with Crippen LogP contribution in [0.4, 0.5) is 11.4 Å². The van der Waals surface area contributed by atoms with Crippen molar-refractivity contribution < 1.29 is 13.2 Å². The largest absolute Gasteiger partial charge is 0.365 e. The molecule has 1 saturated heterocycles. The molecule has 1 unspecified atom stereocenters. The normalized spacial score (nSPS) is 14.7. The summed E-state index contributed by atoms with van der Waals surface area (Å²) in [5.74, 6) is -0.00334. The highest BCUT2D eigenvalue weighted by atomic mass is 35.5. The Morgan fingerprint density at radius 3 is 2.28 bits per heavy atom. The monoisotopic (exact) mass is 588 g/mol. The molecule has 1 fully saturated rings. The van der Waals surface area contributed by atoms with E-state index in [-0.39, 0.29) is 18.5 Å². The number of sulfonamides is 1. The number of nitrogens with one attached hydrogen (secondary N) is 1. The minimum atomic E-state index is -3.36. The number of halogens is 2. The Bertz CT molecular complexity index is 1410. The molecule has 0 radical (unpaired) electrons. The van der Waals surface area contributed by atoms with Crippen molar-refractivity contribution in [3.05, 3.63) is 82.3 Å². The van der Waals surface area contributed by atoms with Gasteiger partial charge in [-0.2, -0.15) is 0 Å². The molecule has 39 heavy (non-hydrogen) atoms. The lowest BCUT2D eigenvalue weighted by Crippen LogP contribution is -2.42. The molecule has 1 aliphatic heterocycles. The molecule has 208 valence electrons. The molecular weight excluding hydrogens is 555 g/mol. The number of likely N-dealkylation sites (tertiary alicyclic amines) is 1. The van der Waals surface area contributed by atoms with Gasteiger partial charge in [-0.25, -0.2) is 8.42 Å². The van der Waals surface area contributed by atoms with E-state index in [1.807, 2.05) is 60.3 Å². The maximum absolute atomic E-state index is 13.5. The van der Waals surface area contributed by atoms with Gasteiger partial charge < -0.3 is 14.7 Å². The van der Waals surface area contributed by atoms with Gasteiger partial charge in [-0.1, -0.05) is 59.6 Å². The zero-order valence-electron chi connectivity index (χ0n) is 22.4. The minimum Gasteiger partial charge on any atom is -0.365 e. The maximum atomic E-state index is 13.5. The Hall–Kier alpha value is -2.78. The van der Waals surface area contributed by atoms with Crippen LogP contribution in [0.15, 0.2) is 66.7 Å². The molecule has 1 amide bonds. The average Bonchev–Trinajstić information content (AvgIpc) is 3.41. The number of amides is 1. The van der Waals surface area contributed by atoms with Gasteiger partial charge in [0.25, 0.3) is 0 Å². The van der Waals surface area contributed by atoms with E-state index in [9.17, 15) is 13.2 Å². The first-order valence-corrected chi connectivity index (χ1v) is 15.5. The number of nitrogens with zero attached hydrogens (tertiary/aromatic N) is 3. The zero-order chi connectivity index (χ0) is 28.2. The summed E-state index contributed by atoms with van der Waals surface area (Å²) in [5, 5.41) is 0.927. The molecule has 1 N–H and O–H groups in total. The van der Waals surface area contributed by atoms with E-state index in [2.05, 4.69) is 21.8 Å². The number of hydrogen-bond donors (Lipinski definition) is 1. The van der Waals surface area contributed by atoms with Crippen LogP contribution in [-0.4, -0.2) is 70.7 Å². The summed E-state index contributed by atoms with van der Waals surface area (Å²) >= 11 is 12.2. The summed E-state index contributed by atoms with van der Waals surface area (Å²) in [6.45, 7) is 3.01. The van der Waals surface area contributed by atoms with Gasteiger partial charge in [-0.15, -0.1) is 0 Å². The Morgan fingerprint density at radius 1 is 0.949 bits per heavy atom.